The molecule has 0 aromatic carbocycles. The van der Waals surface area contributed by atoms with Crippen LogP contribution in [0.4, 0.5) is 0 Å². The molecule has 16 heavy (non-hydrogen) atoms. The Morgan fingerprint density at radius 2 is 2.19 bits per heavy atom. The van der Waals surface area contributed by atoms with Gasteiger partial charge in [0.1, 0.15) is 0 Å². The van der Waals surface area contributed by atoms with Crippen molar-refractivity contribution in [3.05, 3.63) is 0 Å². The van der Waals surface area contributed by atoms with Crippen LogP contribution < -0.4 is 10.6 Å². The van der Waals surface area contributed by atoms with Crippen molar-refractivity contribution in [3.8, 4) is 0 Å². The zero-order valence-corrected chi connectivity index (χ0v) is 10.9. The summed E-state index contributed by atoms with van der Waals surface area (Å²) in [5.74, 6) is 0.954. The van der Waals surface area contributed by atoms with E-state index in [9.17, 15) is 0 Å². The first-order chi connectivity index (χ1) is 7.79. The summed E-state index contributed by atoms with van der Waals surface area (Å²) in [6, 6.07) is 0. The summed E-state index contributed by atoms with van der Waals surface area (Å²) in [6.45, 7) is 7.40. The van der Waals surface area contributed by atoms with Crippen molar-refractivity contribution in [3.63, 3.8) is 0 Å². The van der Waals surface area contributed by atoms with E-state index in [0.717, 1.165) is 5.92 Å². The quantitative estimate of drug-likeness (QED) is 0.678. The van der Waals surface area contributed by atoms with Gasteiger partial charge in [-0.15, -0.1) is 0 Å². The molecule has 2 rings (SSSR count). The molecule has 2 fully saturated rings. The second-order valence-electron chi connectivity index (χ2n) is 6.20. The second kappa shape index (κ2) is 6.02. The fraction of sp³-hybridized carbons (Fsp3) is 1.00. The highest BCUT2D eigenvalue weighted by Gasteiger charge is 2.30. The van der Waals surface area contributed by atoms with Crippen molar-refractivity contribution in [2.75, 3.05) is 26.2 Å². The molecule has 0 amide bonds. The predicted octanol–water partition coefficient (Wildman–Crippen LogP) is 2.55. The summed E-state index contributed by atoms with van der Waals surface area (Å²) in [6.07, 6.45) is 9.94. The van der Waals surface area contributed by atoms with Crippen LogP contribution in [0.2, 0.25) is 0 Å². The van der Waals surface area contributed by atoms with Gasteiger partial charge in [0.25, 0.3) is 0 Å². The van der Waals surface area contributed by atoms with Gasteiger partial charge in [0.2, 0.25) is 0 Å². The summed E-state index contributed by atoms with van der Waals surface area (Å²) in [5, 5.41) is 7.14. The lowest BCUT2D eigenvalue weighted by molar-refractivity contribution is 0.156. The Hall–Kier alpha value is -0.0800. The smallest absolute Gasteiger partial charge is 0.000516 e. The minimum Gasteiger partial charge on any atom is -0.316 e. The summed E-state index contributed by atoms with van der Waals surface area (Å²) >= 11 is 0. The standard InChI is InChI=1S/C14H28N2/c1-14(7-4-8-14)12-16-10-3-6-13-5-2-9-15-11-13/h13,15-16H,2-12H2,1H3. The number of hydrogen-bond acceptors (Lipinski definition) is 2. The van der Waals surface area contributed by atoms with Crippen LogP contribution in [0.3, 0.4) is 0 Å². The topological polar surface area (TPSA) is 24.1 Å². The molecule has 1 saturated heterocycles. The molecule has 1 aliphatic heterocycles. The van der Waals surface area contributed by atoms with Crippen LogP contribution in [0, 0.1) is 11.3 Å². The lowest BCUT2D eigenvalue weighted by Crippen LogP contribution is -2.37. The van der Waals surface area contributed by atoms with Crippen LogP contribution >= 0.6 is 0 Å². The van der Waals surface area contributed by atoms with E-state index in [1.54, 1.807) is 0 Å². The third kappa shape index (κ3) is 3.74. The van der Waals surface area contributed by atoms with Crippen molar-refractivity contribution < 1.29 is 0 Å². The minimum absolute atomic E-state index is 0.645. The maximum atomic E-state index is 3.65. The van der Waals surface area contributed by atoms with Gasteiger partial charge in [0, 0.05) is 6.54 Å². The normalized spacial score (nSPS) is 28.7. The Morgan fingerprint density at radius 1 is 1.31 bits per heavy atom. The van der Waals surface area contributed by atoms with Gasteiger partial charge in [0.15, 0.2) is 0 Å². The van der Waals surface area contributed by atoms with E-state index < -0.39 is 0 Å². The van der Waals surface area contributed by atoms with Gasteiger partial charge in [-0.1, -0.05) is 13.3 Å². The molecule has 0 aromatic heterocycles. The second-order valence-corrected chi connectivity index (χ2v) is 6.20. The van der Waals surface area contributed by atoms with Crippen molar-refractivity contribution >= 4 is 0 Å². The van der Waals surface area contributed by atoms with E-state index in [1.807, 2.05) is 0 Å². The highest BCUT2D eigenvalue weighted by molar-refractivity contribution is 4.85. The molecule has 94 valence electrons. The molecule has 1 atom stereocenters. The minimum atomic E-state index is 0.645. The molecule has 0 bridgehead atoms. The summed E-state index contributed by atoms with van der Waals surface area (Å²) in [7, 11) is 0. The van der Waals surface area contributed by atoms with E-state index in [1.165, 1.54) is 71.1 Å². The maximum absolute atomic E-state index is 3.65. The zero-order valence-electron chi connectivity index (χ0n) is 10.9. The van der Waals surface area contributed by atoms with E-state index in [4.69, 9.17) is 0 Å². The Labute approximate surface area is 101 Å². The van der Waals surface area contributed by atoms with E-state index in [2.05, 4.69) is 17.6 Å². The molecule has 1 heterocycles. The van der Waals surface area contributed by atoms with Crippen LogP contribution in [0.1, 0.15) is 51.9 Å². The van der Waals surface area contributed by atoms with Gasteiger partial charge in [-0.3, -0.25) is 0 Å². The fourth-order valence-electron chi connectivity index (χ4n) is 3.03. The third-order valence-corrected chi connectivity index (χ3v) is 4.48. The molecule has 1 saturated carbocycles. The average Bonchev–Trinajstić information content (AvgIpc) is 2.28. The largest absolute Gasteiger partial charge is 0.316 e. The molecular weight excluding hydrogens is 196 g/mol. The Bertz CT molecular complexity index is 193. The molecule has 1 aliphatic carbocycles. The lowest BCUT2D eigenvalue weighted by atomic mass is 9.70. The van der Waals surface area contributed by atoms with Gasteiger partial charge < -0.3 is 10.6 Å². The SMILES string of the molecule is CC1(CNCCCC2CCCNC2)CCC1. The predicted molar refractivity (Wildman–Crippen MR) is 69.7 cm³/mol. The van der Waals surface area contributed by atoms with Gasteiger partial charge in [-0.25, -0.2) is 0 Å². The highest BCUT2D eigenvalue weighted by Crippen LogP contribution is 2.39. The summed E-state index contributed by atoms with van der Waals surface area (Å²) in [4.78, 5) is 0. The maximum Gasteiger partial charge on any atom is 0.000516 e. The van der Waals surface area contributed by atoms with Gasteiger partial charge in [-0.2, -0.15) is 0 Å². The number of nitrogens with one attached hydrogen (secondary N) is 2. The van der Waals surface area contributed by atoms with E-state index >= 15 is 0 Å². The van der Waals surface area contributed by atoms with Crippen LogP contribution in [-0.2, 0) is 0 Å². The van der Waals surface area contributed by atoms with Crippen LogP contribution in [0.15, 0.2) is 0 Å². The fourth-order valence-corrected chi connectivity index (χ4v) is 3.03. The number of hydrogen-bond donors (Lipinski definition) is 2. The van der Waals surface area contributed by atoms with Crippen LogP contribution in [0.5, 0.6) is 0 Å². The molecule has 0 radical (unpaired) electrons. The molecule has 2 nitrogen and oxygen atoms in total. The molecule has 2 heteroatoms. The molecule has 2 aliphatic rings. The molecule has 1 unspecified atom stereocenters. The monoisotopic (exact) mass is 224 g/mol. The van der Waals surface area contributed by atoms with Crippen LogP contribution in [0.25, 0.3) is 0 Å². The van der Waals surface area contributed by atoms with Gasteiger partial charge >= 0.3 is 0 Å². The lowest BCUT2D eigenvalue weighted by Gasteiger charge is -2.38. The average molecular weight is 224 g/mol. The Morgan fingerprint density at radius 3 is 2.81 bits per heavy atom. The first-order valence-electron chi connectivity index (χ1n) is 7.20. The van der Waals surface area contributed by atoms with Gasteiger partial charge in [0.05, 0.1) is 0 Å². The number of piperidine rings is 1. The Kier molecular flexibility index (Phi) is 4.66. The first-order valence-corrected chi connectivity index (χ1v) is 7.20. The first kappa shape index (κ1) is 12.4. The van der Waals surface area contributed by atoms with Crippen molar-refractivity contribution in [1.29, 1.82) is 0 Å². The third-order valence-electron chi connectivity index (χ3n) is 4.48. The van der Waals surface area contributed by atoms with Crippen LogP contribution in [-0.4, -0.2) is 26.2 Å². The summed E-state index contributed by atoms with van der Waals surface area (Å²) < 4.78 is 0. The van der Waals surface area contributed by atoms with Crippen molar-refractivity contribution in [2.45, 2.75) is 51.9 Å². The van der Waals surface area contributed by atoms with E-state index in [-0.39, 0.29) is 0 Å². The summed E-state index contributed by atoms with van der Waals surface area (Å²) in [5.41, 5.74) is 0.645. The highest BCUT2D eigenvalue weighted by atomic mass is 14.9. The van der Waals surface area contributed by atoms with Gasteiger partial charge in [-0.05, 0) is 69.5 Å². The molecular formula is C14H28N2. The Balaban J connectivity index is 1.45. The zero-order chi connectivity index (χ0) is 11.3. The molecule has 0 spiro atoms. The van der Waals surface area contributed by atoms with E-state index in [0.29, 0.717) is 5.41 Å². The molecule has 0 aromatic rings. The van der Waals surface area contributed by atoms with Crippen molar-refractivity contribution in [2.24, 2.45) is 11.3 Å². The van der Waals surface area contributed by atoms with Crippen molar-refractivity contribution in [1.82, 2.24) is 10.6 Å². The molecule has 2 N–H and O–H groups in total. The number of rotatable bonds is 6.